The highest BCUT2D eigenvalue weighted by Crippen LogP contribution is 2.27. The molecule has 4 rings (SSSR count). The van der Waals surface area contributed by atoms with Gasteiger partial charge < -0.3 is 4.90 Å². The minimum absolute atomic E-state index is 0.154. The van der Waals surface area contributed by atoms with Gasteiger partial charge in [-0.15, -0.1) is 0 Å². The van der Waals surface area contributed by atoms with Crippen LogP contribution in [0.1, 0.15) is 27.7 Å². The first kappa shape index (κ1) is 16.0. The highest BCUT2D eigenvalue weighted by molar-refractivity contribution is 5.99. The Kier molecular flexibility index (Phi) is 4.15. The molecule has 128 valence electrons. The summed E-state index contributed by atoms with van der Waals surface area (Å²) in [7, 11) is 1.78. The van der Waals surface area contributed by atoms with Gasteiger partial charge in [-0.25, -0.2) is 9.50 Å². The first-order valence-electron chi connectivity index (χ1n) is 8.27. The van der Waals surface area contributed by atoms with Gasteiger partial charge in [0.05, 0.1) is 17.9 Å². The molecule has 1 aromatic carbocycles. The number of amides is 1. The van der Waals surface area contributed by atoms with E-state index in [9.17, 15) is 4.79 Å². The fourth-order valence-electron chi connectivity index (χ4n) is 3.05. The average Bonchev–Trinajstić information content (AvgIpc) is 3.13. The number of hydrogen-bond acceptors (Lipinski definition) is 4. The largest absolute Gasteiger partial charge is 0.329 e. The van der Waals surface area contributed by atoms with Crippen LogP contribution in [0.3, 0.4) is 0 Å². The van der Waals surface area contributed by atoms with Crippen LogP contribution < -0.4 is 0 Å². The molecule has 0 radical (unpaired) electrons. The minimum Gasteiger partial charge on any atom is -0.329 e. The van der Waals surface area contributed by atoms with Gasteiger partial charge in [0.25, 0.3) is 5.91 Å². The summed E-state index contributed by atoms with van der Waals surface area (Å²) in [5, 5.41) is 4.22. The maximum atomic E-state index is 13.2. The van der Waals surface area contributed by atoms with Crippen LogP contribution in [-0.2, 0) is 0 Å². The van der Waals surface area contributed by atoms with Gasteiger partial charge in [0.2, 0.25) is 0 Å². The van der Waals surface area contributed by atoms with Crippen molar-refractivity contribution in [2.45, 2.75) is 6.04 Å². The van der Waals surface area contributed by atoms with Crippen LogP contribution in [0.4, 0.5) is 0 Å². The standard InChI is InChI=1S/C20H17N5O/c1-24(20(26)16-14-23-25-13-7-12-22-19(16)25)18(15-8-3-2-4-9-15)17-10-5-6-11-21-17/h2-14,18H,1H3/t18-/m0/s1. The van der Waals surface area contributed by atoms with Gasteiger partial charge in [-0.1, -0.05) is 36.4 Å². The molecule has 6 nitrogen and oxygen atoms in total. The molecule has 0 bridgehead atoms. The number of pyridine rings is 1. The van der Waals surface area contributed by atoms with Gasteiger partial charge in [0, 0.05) is 25.6 Å². The van der Waals surface area contributed by atoms with Crippen LogP contribution >= 0.6 is 0 Å². The number of carbonyl (C=O) groups is 1. The molecule has 0 aliphatic carbocycles. The topological polar surface area (TPSA) is 63.4 Å². The second-order valence-electron chi connectivity index (χ2n) is 5.93. The van der Waals surface area contributed by atoms with Gasteiger partial charge in [-0.05, 0) is 23.8 Å². The third-order valence-corrected chi connectivity index (χ3v) is 4.30. The number of nitrogens with zero attached hydrogens (tertiary/aromatic N) is 5. The molecule has 0 N–H and O–H groups in total. The quantitative estimate of drug-likeness (QED) is 0.571. The van der Waals surface area contributed by atoms with Crippen LogP contribution in [0, 0.1) is 0 Å². The number of aromatic nitrogens is 4. The Morgan fingerprint density at radius 2 is 1.77 bits per heavy atom. The first-order valence-corrected chi connectivity index (χ1v) is 8.27. The van der Waals surface area contributed by atoms with Crippen molar-refractivity contribution in [2.24, 2.45) is 0 Å². The molecule has 0 saturated heterocycles. The Morgan fingerprint density at radius 3 is 2.54 bits per heavy atom. The highest BCUT2D eigenvalue weighted by Gasteiger charge is 2.27. The number of carbonyl (C=O) groups excluding carboxylic acids is 1. The number of hydrogen-bond donors (Lipinski definition) is 0. The highest BCUT2D eigenvalue weighted by atomic mass is 16.2. The van der Waals surface area contributed by atoms with Crippen molar-refractivity contribution in [3.8, 4) is 0 Å². The van der Waals surface area contributed by atoms with Crippen LogP contribution in [0.5, 0.6) is 0 Å². The van der Waals surface area contributed by atoms with Gasteiger partial charge >= 0.3 is 0 Å². The predicted molar refractivity (Wildman–Crippen MR) is 97.6 cm³/mol. The van der Waals surface area contributed by atoms with E-state index in [0.717, 1.165) is 11.3 Å². The maximum Gasteiger partial charge on any atom is 0.259 e. The van der Waals surface area contributed by atoms with Crippen molar-refractivity contribution in [3.05, 3.63) is 96.2 Å². The third kappa shape index (κ3) is 2.82. The van der Waals surface area contributed by atoms with E-state index in [1.54, 1.807) is 47.3 Å². The van der Waals surface area contributed by atoms with Crippen LogP contribution in [0.2, 0.25) is 0 Å². The molecule has 4 aromatic rings. The Labute approximate surface area is 150 Å². The van der Waals surface area contributed by atoms with Gasteiger partial charge in [0.15, 0.2) is 5.65 Å². The van der Waals surface area contributed by atoms with Crippen molar-refractivity contribution in [1.29, 1.82) is 0 Å². The van der Waals surface area contributed by atoms with Crippen LogP contribution in [0.25, 0.3) is 5.65 Å². The first-order chi connectivity index (χ1) is 12.8. The lowest BCUT2D eigenvalue weighted by Gasteiger charge is -2.28. The lowest BCUT2D eigenvalue weighted by Crippen LogP contribution is -2.32. The summed E-state index contributed by atoms with van der Waals surface area (Å²) in [5.41, 5.74) is 2.80. The summed E-state index contributed by atoms with van der Waals surface area (Å²) in [6.07, 6.45) is 6.72. The maximum absolute atomic E-state index is 13.2. The fraction of sp³-hybridized carbons (Fsp3) is 0.100. The van der Waals surface area contributed by atoms with E-state index in [2.05, 4.69) is 15.1 Å². The molecule has 1 atom stereocenters. The Morgan fingerprint density at radius 1 is 1.00 bits per heavy atom. The second kappa shape index (κ2) is 6.76. The zero-order valence-electron chi connectivity index (χ0n) is 14.2. The smallest absolute Gasteiger partial charge is 0.259 e. The molecule has 0 saturated carbocycles. The van der Waals surface area contributed by atoms with E-state index in [1.165, 1.54) is 0 Å². The summed E-state index contributed by atoms with van der Waals surface area (Å²) in [4.78, 5) is 23.7. The molecule has 26 heavy (non-hydrogen) atoms. The Bertz CT molecular complexity index is 990. The molecule has 3 aromatic heterocycles. The van der Waals surface area contributed by atoms with Gasteiger partial charge in [-0.3, -0.25) is 9.78 Å². The lowest BCUT2D eigenvalue weighted by molar-refractivity contribution is 0.0754. The lowest BCUT2D eigenvalue weighted by atomic mass is 10.0. The molecule has 3 heterocycles. The zero-order chi connectivity index (χ0) is 17.9. The van der Waals surface area contributed by atoms with E-state index in [4.69, 9.17) is 0 Å². The van der Waals surface area contributed by atoms with Crippen molar-refractivity contribution in [3.63, 3.8) is 0 Å². The SMILES string of the molecule is CN(C(=O)c1cnn2cccnc12)[C@@H](c1ccccc1)c1ccccn1. The van der Waals surface area contributed by atoms with Crippen molar-refractivity contribution in [2.75, 3.05) is 7.05 Å². The van der Waals surface area contributed by atoms with Crippen LogP contribution in [-0.4, -0.2) is 37.4 Å². The number of benzene rings is 1. The summed E-state index contributed by atoms with van der Waals surface area (Å²) >= 11 is 0. The zero-order valence-corrected chi connectivity index (χ0v) is 14.2. The van der Waals surface area contributed by atoms with Crippen molar-refractivity contribution < 1.29 is 4.79 Å². The average molecular weight is 343 g/mol. The van der Waals surface area contributed by atoms with E-state index in [-0.39, 0.29) is 11.9 Å². The number of rotatable bonds is 4. The molecular formula is C20H17N5O. The minimum atomic E-state index is -0.302. The van der Waals surface area contributed by atoms with Crippen molar-refractivity contribution >= 4 is 11.6 Å². The molecule has 0 spiro atoms. The molecule has 0 fully saturated rings. The van der Waals surface area contributed by atoms with Gasteiger partial charge in [-0.2, -0.15) is 5.10 Å². The van der Waals surface area contributed by atoms with E-state index >= 15 is 0 Å². The molecular weight excluding hydrogens is 326 g/mol. The second-order valence-corrected chi connectivity index (χ2v) is 5.93. The van der Waals surface area contributed by atoms with Gasteiger partial charge in [0.1, 0.15) is 5.56 Å². The Hall–Kier alpha value is -3.54. The summed E-state index contributed by atoms with van der Waals surface area (Å²) < 4.78 is 1.60. The molecule has 6 heteroatoms. The predicted octanol–water partition coefficient (Wildman–Crippen LogP) is 2.99. The van der Waals surface area contributed by atoms with Crippen molar-refractivity contribution in [1.82, 2.24) is 24.5 Å². The van der Waals surface area contributed by atoms with Crippen LogP contribution in [0.15, 0.2) is 79.4 Å². The molecule has 0 aliphatic heterocycles. The number of fused-ring (bicyclic) bond motifs is 1. The Balaban J connectivity index is 1.77. The van der Waals surface area contributed by atoms with E-state index in [0.29, 0.717) is 11.2 Å². The molecule has 1 amide bonds. The van der Waals surface area contributed by atoms with E-state index < -0.39 is 0 Å². The summed E-state index contributed by atoms with van der Waals surface area (Å²) in [6, 6.07) is 17.1. The fourth-order valence-corrected chi connectivity index (χ4v) is 3.05. The third-order valence-electron chi connectivity index (χ3n) is 4.30. The summed E-state index contributed by atoms with van der Waals surface area (Å²) in [5.74, 6) is -0.154. The van der Waals surface area contributed by atoms with E-state index in [1.807, 2.05) is 48.5 Å². The molecule has 0 aliphatic rings. The monoisotopic (exact) mass is 343 g/mol. The normalized spacial score (nSPS) is 12.0. The molecule has 0 unspecified atom stereocenters. The summed E-state index contributed by atoms with van der Waals surface area (Å²) in [6.45, 7) is 0.